The lowest BCUT2D eigenvalue weighted by Crippen LogP contribution is -2.56. The van der Waals surface area contributed by atoms with Crippen LogP contribution in [-0.2, 0) is 78.2 Å². The van der Waals surface area contributed by atoms with Crippen molar-refractivity contribution in [3.05, 3.63) is 95.8 Å². The zero-order valence-corrected chi connectivity index (χ0v) is 51.0. The number of aliphatic carboxylic acids is 1. The summed E-state index contributed by atoms with van der Waals surface area (Å²) in [4.78, 5) is 141. The molecule has 0 saturated carbocycles. The number of carboxylic acid groups (broad SMARTS) is 1. The summed E-state index contributed by atoms with van der Waals surface area (Å²) in [5.41, 5.74) is 6.31. The van der Waals surface area contributed by atoms with Crippen LogP contribution in [0.2, 0.25) is 0 Å². The van der Waals surface area contributed by atoms with Crippen LogP contribution < -0.4 is 37.6 Å². The van der Waals surface area contributed by atoms with Crippen LogP contribution in [0, 0.1) is 17.0 Å². The van der Waals surface area contributed by atoms with E-state index in [4.69, 9.17) is 24.7 Å². The third kappa shape index (κ3) is 25.3. The lowest BCUT2D eigenvalue weighted by atomic mass is 9.83. The maximum atomic E-state index is 15.5. The number of hydrogen-bond acceptors (Lipinski definition) is 16. The summed E-state index contributed by atoms with van der Waals surface area (Å²) >= 11 is 0.945. The Bertz CT molecular complexity index is 2910. The lowest BCUT2D eigenvalue weighted by molar-refractivity contribution is -0.141. The average molecular weight is 1260 g/mol. The number of benzene rings is 2. The molecule has 2 heterocycles. The first-order valence-electron chi connectivity index (χ1n) is 28.4. The Hall–Kier alpha value is -8.12. The van der Waals surface area contributed by atoms with Gasteiger partial charge in [0, 0.05) is 80.4 Å². The first kappa shape index (κ1) is 72.4. The highest BCUT2D eigenvalue weighted by Crippen LogP contribution is 2.41. The fraction of sp³-hybridized carbons (Fsp3) is 0.508. The molecule has 3 aromatic rings. The zero-order valence-electron chi connectivity index (χ0n) is 50.2. The number of halogens is 2. The van der Waals surface area contributed by atoms with Crippen molar-refractivity contribution in [2.45, 2.75) is 97.6 Å². The molecular weight excluding hydrogens is 1170 g/mol. The van der Waals surface area contributed by atoms with Crippen LogP contribution in [0.1, 0.15) is 78.1 Å². The number of nitrogens with zero attached hydrogens (tertiary/aromatic N) is 3. The Morgan fingerprint density at radius 2 is 1.32 bits per heavy atom. The van der Waals surface area contributed by atoms with Crippen LogP contribution in [0.15, 0.2) is 72.9 Å². The minimum atomic E-state index is -1.48. The van der Waals surface area contributed by atoms with Gasteiger partial charge in [0.1, 0.15) is 42.3 Å². The van der Waals surface area contributed by atoms with Crippen molar-refractivity contribution in [1.82, 2.24) is 46.3 Å². The Kier molecular flexibility index (Phi) is 30.3. The molecule has 0 saturated heterocycles. The predicted molar refractivity (Wildman–Crippen MR) is 317 cm³/mol. The number of aromatic nitrogens is 1. The molecular formula is C59H80F2N10O16S. The Morgan fingerprint density at radius 1 is 0.716 bits per heavy atom. The molecule has 0 aliphatic carbocycles. The molecule has 29 heteroatoms. The first-order chi connectivity index (χ1) is 41.7. The van der Waals surface area contributed by atoms with Crippen LogP contribution in [0.25, 0.3) is 11.1 Å². The molecule has 2 aromatic carbocycles. The molecule has 10 amide bonds. The highest BCUT2D eigenvalue weighted by molar-refractivity contribution is 8.00. The third-order valence-electron chi connectivity index (χ3n) is 13.1. The van der Waals surface area contributed by atoms with Gasteiger partial charge in [-0.3, -0.25) is 52.8 Å². The van der Waals surface area contributed by atoms with Crippen molar-refractivity contribution < 1.29 is 85.6 Å². The van der Waals surface area contributed by atoms with E-state index in [1.54, 1.807) is 17.2 Å². The molecule has 0 spiro atoms. The molecule has 9 N–H and O–H groups in total. The summed E-state index contributed by atoms with van der Waals surface area (Å²) in [6.45, 7) is 10.8. The minimum absolute atomic E-state index is 0.0270. The van der Waals surface area contributed by atoms with E-state index in [2.05, 4.69) is 31.9 Å². The van der Waals surface area contributed by atoms with Crippen molar-refractivity contribution in [1.29, 1.82) is 0 Å². The smallest absolute Gasteiger partial charge is 0.327 e. The number of amides is 10. The van der Waals surface area contributed by atoms with E-state index in [1.165, 1.54) is 20.8 Å². The van der Waals surface area contributed by atoms with E-state index in [0.29, 0.717) is 11.3 Å². The van der Waals surface area contributed by atoms with Crippen molar-refractivity contribution in [2.75, 3.05) is 90.5 Å². The molecule has 4 rings (SSSR count). The summed E-state index contributed by atoms with van der Waals surface area (Å²) in [5, 5.41) is 25.1. The summed E-state index contributed by atoms with van der Waals surface area (Å²) in [5.74, 6) is -9.72. The molecule has 5 atom stereocenters. The molecule has 26 nitrogen and oxygen atoms in total. The summed E-state index contributed by atoms with van der Waals surface area (Å²) < 4.78 is 53.8. The van der Waals surface area contributed by atoms with Gasteiger partial charge in [-0.25, -0.2) is 13.6 Å². The molecule has 88 heavy (non-hydrogen) atoms. The number of nitrogens with two attached hydrogens (primary N) is 1. The highest BCUT2D eigenvalue weighted by Gasteiger charge is 2.38. The maximum absolute atomic E-state index is 15.5. The summed E-state index contributed by atoms with van der Waals surface area (Å²) in [7, 11) is 0. The van der Waals surface area contributed by atoms with E-state index in [1.807, 2.05) is 55.7 Å². The van der Waals surface area contributed by atoms with Crippen LogP contribution in [0.4, 0.5) is 8.78 Å². The van der Waals surface area contributed by atoms with Crippen molar-refractivity contribution in [2.24, 2.45) is 11.1 Å². The molecule has 0 unspecified atom stereocenters. The number of thioether (sulfide) groups is 1. The number of carboxylic acids is 1. The number of ether oxygens (including phenoxy) is 4. The molecule has 1 aliphatic rings. The van der Waals surface area contributed by atoms with E-state index in [9.17, 15) is 62.2 Å². The minimum Gasteiger partial charge on any atom is -0.480 e. The van der Waals surface area contributed by atoms with Gasteiger partial charge in [-0.1, -0.05) is 51.1 Å². The van der Waals surface area contributed by atoms with Gasteiger partial charge in [0.2, 0.25) is 47.3 Å². The molecule has 0 radical (unpaired) electrons. The Balaban J connectivity index is 1.36. The number of carbonyl (C=O) groups is 11. The van der Waals surface area contributed by atoms with Gasteiger partial charge < -0.3 is 71.2 Å². The summed E-state index contributed by atoms with van der Waals surface area (Å²) in [6, 6.07) is 8.13. The predicted octanol–water partition coefficient (Wildman–Crippen LogP) is 1.09. The van der Waals surface area contributed by atoms with E-state index >= 15 is 4.39 Å². The van der Waals surface area contributed by atoms with Gasteiger partial charge in [0.05, 0.1) is 71.1 Å². The van der Waals surface area contributed by atoms with Gasteiger partial charge in [-0.05, 0) is 55.5 Å². The van der Waals surface area contributed by atoms with E-state index < -0.39 is 119 Å². The van der Waals surface area contributed by atoms with Gasteiger partial charge >= 0.3 is 5.97 Å². The van der Waals surface area contributed by atoms with Gasteiger partial charge in [0.15, 0.2) is 0 Å². The van der Waals surface area contributed by atoms with Gasteiger partial charge in [-0.15, -0.1) is 11.8 Å². The second-order valence-electron chi connectivity index (χ2n) is 21.4. The van der Waals surface area contributed by atoms with Crippen molar-refractivity contribution >= 4 is 76.8 Å². The largest absolute Gasteiger partial charge is 0.480 e. The van der Waals surface area contributed by atoms with E-state index in [-0.39, 0.29) is 115 Å². The Labute approximate surface area is 513 Å². The zero-order chi connectivity index (χ0) is 64.9. The standard InChI is InChI=1S/C59H80F2N10O16S/c1-37(65-39(3)72)55(79)66-38(2)56(80)68-45(31-48(62)73)57(81)64-18-10-20-70(54(59(4,5)6)47-29-41(43-30-42(60)13-14-44(43)61)33-69(47)32-40-11-8-7-9-12-40)53(78)36-88-35-46(58(82)83)67-49(74)17-21-84-23-25-86-27-28-87-26-24-85-22-19-63-50(75)34-71-51(76)15-16-52(71)77/h7-9,11-16,29-30,33,37-38,45-46,54H,10,17-28,31-32,34-36H2,1-6H3,(H2,62,73)(H,63,75)(H,64,81)(H,65,72)(H,66,79)(H,67,74)(H,68,80)(H,82,83)/t37-,38+,45-,46-,54-/m0/s1. The van der Waals surface area contributed by atoms with Gasteiger partial charge in [0.25, 0.3) is 11.8 Å². The van der Waals surface area contributed by atoms with Crippen LogP contribution >= 0.6 is 11.8 Å². The maximum Gasteiger partial charge on any atom is 0.327 e. The number of primary amides is 1. The molecule has 1 aromatic heterocycles. The van der Waals surface area contributed by atoms with Crippen LogP contribution in [0.5, 0.6) is 0 Å². The quantitative estimate of drug-likeness (QED) is 0.0292. The SMILES string of the molecule is CC(=O)N[C@@H](C)C(=O)N[C@H](C)C(=O)N[C@@H](CC(N)=O)C(=O)NCCCN(C(=O)CSC[C@H](NC(=O)CCOCCOCCOCCOCCNC(=O)CN1C(=O)C=CC1=O)C(=O)O)[C@@H](c1cc(-c2cc(F)ccc2F)cn1Cc1ccccc1)C(C)(C)C. The number of carbonyl (C=O) groups excluding carboxylic acids is 10. The van der Waals surface area contributed by atoms with Crippen molar-refractivity contribution in [3.63, 3.8) is 0 Å². The van der Waals surface area contributed by atoms with Crippen LogP contribution in [-0.4, -0.2) is 199 Å². The number of hydrogen-bond donors (Lipinski definition) is 8. The summed E-state index contributed by atoms with van der Waals surface area (Å²) in [6.07, 6.45) is 3.12. The lowest BCUT2D eigenvalue weighted by Gasteiger charge is -2.41. The topological polar surface area (TPSA) is 355 Å². The van der Waals surface area contributed by atoms with E-state index in [0.717, 1.165) is 52.6 Å². The fourth-order valence-electron chi connectivity index (χ4n) is 8.84. The van der Waals surface area contributed by atoms with Crippen molar-refractivity contribution in [3.8, 4) is 11.1 Å². The second kappa shape index (κ2) is 36.9. The number of imide groups is 1. The number of rotatable bonds is 40. The fourth-order valence-corrected chi connectivity index (χ4v) is 9.76. The Morgan fingerprint density at radius 3 is 1.92 bits per heavy atom. The van der Waals surface area contributed by atoms with Crippen LogP contribution in [0.3, 0.4) is 0 Å². The molecule has 482 valence electrons. The monoisotopic (exact) mass is 1250 g/mol. The van der Waals surface area contributed by atoms with Gasteiger partial charge in [-0.2, -0.15) is 0 Å². The highest BCUT2D eigenvalue weighted by atomic mass is 32.2. The molecule has 0 fully saturated rings. The second-order valence-corrected chi connectivity index (χ2v) is 22.4. The first-order valence-corrected chi connectivity index (χ1v) is 29.5. The normalized spacial score (nSPS) is 13.8. The molecule has 0 bridgehead atoms. The number of nitrogens with one attached hydrogen (secondary N) is 6. The average Bonchev–Trinajstić information content (AvgIpc) is 2.05. The molecule has 1 aliphatic heterocycles. The third-order valence-corrected chi connectivity index (χ3v) is 14.1.